The number of hydrogen-bond acceptors (Lipinski definition) is 3. The van der Waals surface area contributed by atoms with Crippen LogP contribution in [0.4, 0.5) is 4.39 Å². The molecule has 0 aliphatic heterocycles. The summed E-state index contributed by atoms with van der Waals surface area (Å²) < 4.78 is 18.7. The lowest BCUT2D eigenvalue weighted by molar-refractivity contribution is -0.137. The lowest BCUT2D eigenvalue weighted by Crippen LogP contribution is -2.15. The van der Waals surface area contributed by atoms with Crippen LogP contribution >= 0.6 is 0 Å². The number of ether oxygens (including phenoxy) is 1. The summed E-state index contributed by atoms with van der Waals surface area (Å²) in [6.07, 6.45) is 1.64. The molecule has 1 rings (SSSR count). The minimum absolute atomic E-state index is 0.194. The number of aliphatic carboxylic acids is 1. The molecule has 0 saturated heterocycles. The van der Waals surface area contributed by atoms with Crippen LogP contribution < -0.4 is 10.1 Å². The Morgan fingerprint density at radius 2 is 2.21 bits per heavy atom. The summed E-state index contributed by atoms with van der Waals surface area (Å²) in [5, 5.41) is 11.6. The molecule has 0 radical (unpaired) electrons. The van der Waals surface area contributed by atoms with Crippen molar-refractivity contribution in [3.05, 3.63) is 29.6 Å². The highest BCUT2D eigenvalue weighted by atomic mass is 19.1. The summed E-state index contributed by atoms with van der Waals surface area (Å²) in [5.74, 6) is -0.853. The molecule has 0 aliphatic rings. The lowest BCUT2D eigenvalue weighted by Gasteiger charge is -2.08. The van der Waals surface area contributed by atoms with Crippen LogP contribution in [0, 0.1) is 5.82 Å². The Kier molecular flexibility index (Phi) is 6.89. The average Bonchev–Trinajstić information content (AvgIpc) is 2.36. The van der Waals surface area contributed by atoms with E-state index in [2.05, 4.69) is 5.32 Å². The SMILES string of the molecule is CCOc1ccc(CNCCCCC(=O)O)cc1F. The number of nitrogens with one attached hydrogen (secondary N) is 1. The van der Waals surface area contributed by atoms with Gasteiger partial charge in [-0.1, -0.05) is 6.07 Å². The molecule has 0 unspecified atom stereocenters. The van der Waals surface area contributed by atoms with Crippen LogP contribution in [-0.4, -0.2) is 24.2 Å². The number of benzene rings is 1. The molecule has 2 N–H and O–H groups in total. The monoisotopic (exact) mass is 269 g/mol. The Morgan fingerprint density at radius 1 is 1.42 bits per heavy atom. The maximum absolute atomic E-state index is 13.5. The molecule has 0 bridgehead atoms. The molecule has 0 saturated carbocycles. The van der Waals surface area contributed by atoms with E-state index in [1.54, 1.807) is 6.07 Å². The molecule has 106 valence electrons. The number of unbranched alkanes of at least 4 members (excludes halogenated alkanes) is 1. The molecule has 5 heteroatoms. The second-order valence-corrected chi connectivity index (χ2v) is 4.23. The van der Waals surface area contributed by atoms with Gasteiger partial charge >= 0.3 is 5.97 Å². The van der Waals surface area contributed by atoms with Crippen LogP contribution in [0.15, 0.2) is 18.2 Å². The van der Waals surface area contributed by atoms with Crippen LogP contribution in [-0.2, 0) is 11.3 Å². The molecule has 0 amide bonds. The van der Waals surface area contributed by atoms with Gasteiger partial charge in [0.2, 0.25) is 0 Å². The fraction of sp³-hybridized carbons (Fsp3) is 0.500. The van der Waals surface area contributed by atoms with E-state index in [1.165, 1.54) is 6.07 Å². The van der Waals surface area contributed by atoms with E-state index in [0.717, 1.165) is 18.5 Å². The maximum Gasteiger partial charge on any atom is 0.303 e. The van der Waals surface area contributed by atoms with Crippen LogP contribution in [0.2, 0.25) is 0 Å². The van der Waals surface area contributed by atoms with Crippen molar-refractivity contribution in [2.45, 2.75) is 32.7 Å². The van der Waals surface area contributed by atoms with Crippen LogP contribution in [0.3, 0.4) is 0 Å². The molecule has 0 aliphatic carbocycles. The Labute approximate surface area is 112 Å². The van der Waals surface area contributed by atoms with Crippen molar-refractivity contribution in [1.29, 1.82) is 0 Å². The van der Waals surface area contributed by atoms with Gasteiger partial charge in [0.1, 0.15) is 0 Å². The van der Waals surface area contributed by atoms with Gasteiger partial charge in [-0.2, -0.15) is 0 Å². The van der Waals surface area contributed by atoms with Gasteiger partial charge < -0.3 is 15.2 Å². The molecular weight excluding hydrogens is 249 g/mol. The summed E-state index contributed by atoms with van der Waals surface area (Å²) >= 11 is 0. The first-order valence-corrected chi connectivity index (χ1v) is 6.47. The smallest absolute Gasteiger partial charge is 0.303 e. The molecule has 0 aromatic heterocycles. The van der Waals surface area contributed by atoms with Crippen molar-refractivity contribution in [2.24, 2.45) is 0 Å². The summed E-state index contributed by atoms with van der Waals surface area (Å²) in [5.41, 5.74) is 0.846. The number of carbonyl (C=O) groups is 1. The van der Waals surface area contributed by atoms with Crippen molar-refractivity contribution in [3.8, 4) is 5.75 Å². The fourth-order valence-electron chi connectivity index (χ4n) is 1.69. The third-order valence-corrected chi connectivity index (χ3v) is 2.62. The third kappa shape index (κ3) is 6.20. The van der Waals surface area contributed by atoms with Gasteiger partial charge in [-0.25, -0.2) is 4.39 Å². The zero-order valence-electron chi connectivity index (χ0n) is 11.1. The Morgan fingerprint density at radius 3 is 2.84 bits per heavy atom. The van der Waals surface area contributed by atoms with Crippen molar-refractivity contribution in [3.63, 3.8) is 0 Å². The highest BCUT2D eigenvalue weighted by molar-refractivity contribution is 5.66. The van der Waals surface area contributed by atoms with Crippen molar-refractivity contribution < 1.29 is 19.0 Å². The Hall–Kier alpha value is -1.62. The highest BCUT2D eigenvalue weighted by Crippen LogP contribution is 2.18. The molecule has 1 aromatic rings. The number of carboxylic acid groups (broad SMARTS) is 1. The van der Waals surface area contributed by atoms with Gasteiger partial charge in [0.15, 0.2) is 11.6 Å². The largest absolute Gasteiger partial charge is 0.491 e. The van der Waals surface area contributed by atoms with E-state index in [0.29, 0.717) is 19.6 Å². The predicted molar refractivity (Wildman–Crippen MR) is 70.8 cm³/mol. The molecule has 1 aromatic carbocycles. The number of carboxylic acids is 1. The molecule has 0 heterocycles. The van der Waals surface area contributed by atoms with Gasteiger partial charge in [-0.3, -0.25) is 4.79 Å². The number of halogens is 1. The van der Waals surface area contributed by atoms with E-state index in [1.807, 2.05) is 13.0 Å². The quantitative estimate of drug-likeness (QED) is 0.676. The highest BCUT2D eigenvalue weighted by Gasteiger charge is 2.04. The summed E-state index contributed by atoms with van der Waals surface area (Å²) in [7, 11) is 0. The topological polar surface area (TPSA) is 58.6 Å². The van der Waals surface area contributed by atoms with E-state index in [-0.39, 0.29) is 18.0 Å². The molecule has 4 nitrogen and oxygen atoms in total. The standard InChI is InChI=1S/C14H20FNO3/c1-2-19-13-7-6-11(9-12(13)15)10-16-8-4-3-5-14(17)18/h6-7,9,16H,2-5,8,10H2,1H3,(H,17,18). The molecule has 19 heavy (non-hydrogen) atoms. The van der Waals surface area contributed by atoms with E-state index >= 15 is 0 Å². The second-order valence-electron chi connectivity index (χ2n) is 4.23. The molecule has 0 fully saturated rings. The minimum Gasteiger partial charge on any atom is -0.491 e. The van der Waals surface area contributed by atoms with Gasteiger partial charge in [-0.15, -0.1) is 0 Å². The van der Waals surface area contributed by atoms with Crippen LogP contribution in [0.25, 0.3) is 0 Å². The van der Waals surface area contributed by atoms with Crippen molar-refractivity contribution in [2.75, 3.05) is 13.2 Å². The second kappa shape index (κ2) is 8.48. The van der Waals surface area contributed by atoms with Gasteiger partial charge in [-0.05, 0) is 44.0 Å². The summed E-state index contributed by atoms with van der Waals surface area (Å²) in [6, 6.07) is 4.90. The zero-order valence-corrected chi connectivity index (χ0v) is 11.1. The van der Waals surface area contributed by atoms with Crippen molar-refractivity contribution >= 4 is 5.97 Å². The molecule has 0 spiro atoms. The first-order valence-electron chi connectivity index (χ1n) is 6.47. The summed E-state index contributed by atoms with van der Waals surface area (Å²) in [6.45, 7) is 3.54. The van der Waals surface area contributed by atoms with Crippen LogP contribution in [0.1, 0.15) is 31.7 Å². The molecular formula is C14H20FNO3. The Balaban J connectivity index is 2.26. The average molecular weight is 269 g/mol. The summed E-state index contributed by atoms with van der Waals surface area (Å²) in [4.78, 5) is 10.3. The van der Waals surface area contributed by atoms with E-state index in [4.69, 9.17) is 9.84 Å². The predicted octanol–water partition coefficient (Wildman–Crippen LogP) is 2.57. The van der Waals surface area contributed by atoms with Gasteiger partial charge in [0.05, 0.1) is 6.61 Å². The minimum atomic E-state index is -0.770. The van der Waals surface area contributed by atoms with Gasteiger partial charge in [0.25, 0.3) is 0 Å². The maximum atomic E-state index is 13.5. The third-order valence-electron chi connectivity index (χ3n) is 2.62. The number of rotatable bonds is 9. The van der Waals surface area contributed by atoms with Crippen LogP contribution in [0.5, 0.6) is 5.75 Å². The first kappa shape index (κ1) is 15.4. The van der Waals surface area contributed by atoms with E-state index < -0.39 is 5.97 Å². The lowest BCUT2D eigenvalue weighted by atomic mass is 10.2. The fourth-order valence-corrected chi connectivity index (χ4v) is 1.69. The van der Waals surface area contributed by atoms with Crippen molar-refractivity contribution in [1.82, 2.24) is 5.32 Å². The normalized spacial score (nSPS) is 10.4. The number of hydrogen-bond donors (Lipinski definition) is 2. The van der Waals surface area contributed by atoms with Gasteiger partial charge in [0, 0.05) is 13.0 Å². The van der Waals surface area contributed by atoms with E-state index in [9.17, 15) is 9.18 Å². The molecule has 0 atom stereocenters. The first-order chi connectivity index (χ1) is 9.13. The zero-order chi connectivity index (χ0) is 14.1. The Bertz CT molecular complexity index is 410.